The van der Waals surface area contributed by atoms with Crippen molar-refractivity contribution < 1.29 is 14.4 Å². The van der Waals surface area contributed by atoms with E-state index in [1.54, 1.807) is 0 Å². The average Bonchev–Trinajstić information content (AvgIpc) is 2.82. The lowest BCUT2D eigenvalue weighted by molar-refractivity contribution is -0.147. The molecular formula is C17H31N3O3. The minimum absolute atomic E-state index is 0.0315. The molecule has 2 unspecified atom stereocenters. The molecule has 2 atom stereocenters. The van der Waals surface area contributed by atoms with Crippen molar-refractivity contribution in [3.05, 3.63) is 0 Å². The van der Waals surface area contributed by atoms with Gasteiger partial charge in [0.15, 0.2) is 0 Å². The number of imide groups is 1. The summed E-state index contributed by atoms with van der Waals surface area (Å²) in [5.74, 6) is -1.17. The average molecular weight is 325 g/mol. The van der Waals surface area contributed by atoms with E-state index in [9.17, 15) is 14.4 Å². The van der Waals surface area contributed by atoms with Gasteiger partial charge in [-0.1, -0.05) is 46.0 Å². The first-order chi connectivity index (χ1) is 11.1. The van der Waals surface area contributed by atoms with E-state index < -0.39 is 6.04 Å². The molecule has 1 heterocycles. The number of rotatable bonds is 11. The van der Waals surface area contributed by atoms with E-state index in [4.69, 9.17) is 5.73 Å². The van der Waals surface area contributed by atoms with Crippen LogP contribution in [0.15, 0.2) is 0 Å². The molecule has 3 N–H and O–H groups in total. The van der Waals surface area contributed by atoms with Crippen molar-refractivity contribution >= 4 is 17.7 Å². The molecule has 1 aliphatic heterocycles. The van der Waals surface area contributed by atoms with Gasteiger partial charge in [-0.25, -0.2) is 0 Å². The lowest BCUT2D eigenvalue weighted by atomic mass is 10.1. The van der Waals surface area contributed by atoms with Gasteiger partial charge in [0, 0.05) is 25.4 Å². The Balaban J connectivity index is 2.40. The Morgan fingerprint density at radius 1 is 1.22 bits per heavy atom. The molecule has 1 aliphatic rings. The number of amides is 3. The Labute approximate surface area is 139 Å². The number of likely N-dealkylation sites (tertiary alicyclic amines) is 1. The smallest absolute Gasteiger partial charge is 0.244 e. The van der Waals surface area contributed by atoms with Crippen molar-refractivity contribution in [2.75, 3.05) is 13.1 Å². The quantitative estimate of drug-likeness (QED) is 0.445. The molecule has 0 spiro atoms. The third-order valence-corrected chi connectivity index (χ3v) is 4.44. The first-order valence-corrected chi connectivity index (χ1v) is 8.90. The Kier molecular flexibility index (Phi) is 8.84. The van der Waals surface area contributed by atoms with Crippen molar-refractivity contribution in [3.8, 4) is 0 Å². The first kappa shape index (κ1) is 19.6. The second kappa shape index (κ2) is 10.4. The first-order valence-electron chi connectivity index (χ1n) is 8.90. The van der Waals surface area contributed by atoms with E-state index in [-0.39, 0.29) is 36.6 Å². The van der Waals surface area contributed by atoms with Gasteiger partial charge in [0.05, 0.1) is 0 Å². The predicted molar refractivity (Wildman–Crippen MR) is 89.5 cm³/mol. The summed E-state index contributed by atoms with van der Waals surface area (Å²) in [7, 11) is 0. The molecule has 0 aromatic heterocycles. The van der Waals surface area contributed by atoms with E-state index in [0.717, 1.165) is 17.7 Å². The zero-order chi connectivity index (χ0) is 17.2. The highest BCUT2D eigenvalue weighted by Crippen LogP contribution is 2.24. The molecule has 3 amide bonds. The number of carbonyl (C=O) groups is 3. The number of hydrogen-bond acceptors (Lipinski definition) is 4. The zero-order valence-electron chi connectivity index (χ0n) is 14.5. The van der Waals surface area contributed by atoms with Crippen molar-refractivity contribution in [3.63, 3.8) is 0 Å². The lowest BCUT2D eigenvalue weighted by Gasteiger charge is -2.24. The molecule has 1 saturated heterocycles. The van der Waals surface area contributed by atoms with Crippen LogP contribution in [-0.2, 0) is 14.4 Å². The van der Waals surface area contributed by atoms with E-state index in [2.05, 4.69) is 12.2 Å². The third-order valence-electron chi connectivity index (χ3n) is 4.44. The topological polar surface area (TPSA) is 92.5 Å². The number of carbonyl (C=O) groups excluding carboxylic acids is 3. The number of unbranched alkanes of at least 4 members (excludes halogenated alkanes) is 5. The second-order valence-electron chi connectivity index (χ2n) is 6.22. The number of nitrogens with zero attached hydrogens (tertiary/aromatic N) is 1. The summed E-state index contributed by atoms with van der Waals surface area (Å²) in [6, 6.07) is -0.869. The van der Waals surface area contributed by atoms with Gasteiger partial charge in [0.1, 0.15) is 6.04 Å². The van der Waals surface area contributed by atoms with Crippen LogP contribution in [0, 0.1) is 5.92 Å². The van der Waals surface area contributed by atoms with Gasteiger partial charge < -0.3 is 11.1 Å². The van der Waals surface area contributed by atoms with Crippen LogP contribution < -0.4 is 11.1 Å². The summed E-state index contributed by atoms with van der Waals surface area (Å²) in [4.78, 5) is 37.5. The molecule has 1 rings (SSSR count). The lowest BCUT2D eigenvalue weighted by Crippen LogP contribution is -2.53. The standard InChI is InChI=1S/C17H31N3O3/c1-3-5-6-7-8-9-10-19-16(22)14(12-18)20-15(21)11-13(4-2)17(20)23/h13-14H,3-12,18H2,1-2H3,(H,19,22). The molecule has 0 aromatic carbocycles. The summed E-state index contributed by atoms with van der Waals surface area (Å²) in [6.45, 7) is 4.58. The molecule has 0 radical (unpaired) electrons. The van der Waals surface area contributed by atoms with Gasteiger partial charge in [0.25, 0.3) is 0 Å². The molecule has 6 nitrogen and oxygen atoms in total. The van der Waals surface area contributed by atoms with Gasteiger partial charge in [-0.3, -0.25) is 19.3 Å². The number of nitrogens with one attached hydrogen (secondary N) is 1. The monoisotopic (exact) mass is 325 g/mol. The fourth-order valence-corrected chi connectivity index (χ4v) is 2.93. The molecular weight excluding hydrogens is 294 g/mol. The van der Waals surface area contributed by atoms with Crippen molar-refractivity contribution in [2.45, 2.75) is 71.3 Å². The maximum absolute atomic E-state index is 12.2. The Morgan fingerprint density at radius 3 is 2.43 bits per heavy atom. The Bertz CT molecular complexity index is 412. The van der Waals surface area contributed by atoms with Crippen LogP contribution in [0.4, 0.5) is 0 Å². The zero-order valence-corrected chi connectivity index (χ0v) is 14.5. The van der Waals surface area contributed by atoms with Gasteiger partial charge in [0.2, 0.25) is 17.7 Å². The predicted octanol–water partition coefficient (Wildman–Crippen LogP) is 1.58. The maximum atomic E-state index is 12.2. The van der Waals surface area contributed by atoms with E-state index in [0.29, 0.717) is 13.0 Å². The molecule has 0 aromatic rings. The molecule has 6 heteroatoms. The molecule has 0 aliphatic carbocycles. The summed E-state index contributed by atoms with van der Waals surface area (Å²) >= 11 is 0. The van der Waals surface area contributed by atoms with E-state index >= 15 is 0 Å². The van der Waals surface area contributed by atoms with Gasteiger partial charge in [-0.15, -0.1) is 0 Å². The number of nitrogens with two attached hydrogens (primary N) is 1. The van der Waals surface area contributed by atoms with Crippen LogP contribution in [0.25, 0.3) is 0 Å². The van der Waals surface area contributed by atoms with Crippen LogP contribution in [0.5, 0.6) is 0 Å². The minimum Gasteiger partial charge on any atom is -0.354 e. The second-order valence-corrected chi connectivity index (χ2v) is 6.22. The van der Waals surface area contributed by atoms with Crippen LogP contribution in [0.1, 0.15) is 65.2 Å². The van der Waals surface area contributed by atoms with Crippen molar-refractivity contribution in [1.82, 2.24) is 10.2 Å². The highest BCUT2D eigenvalue weighted by Gasteiger charge is 2.43. The summed E-state index contributed by atoms with van der Waals surface area (Å²) < 4.78 is 0. The van der Waals surface area contributed by atoms with Gasteiger partial charge >= 0.3 is 0 Å². The summed E-state index contributed by atoms with van der Waals surface area (Å²) in [6.07, 6.45) is 7.65. The molecule has 0 bridgehead atoms. The number of hydrogen-bond donors (Lipinski definition) is 2. The Hall–Kier alpha value is -1.43. The summed E-state index contributed by atoms with van der Waals surface area (Å²) in [5.41, 5.74) is 5.64. The Morgan fingerprint density at radius 2 is 1.87 bits per heavy atom. The molecule has 1 fully saturated rings. The molecule has 0 saturated carbocycles. The van der Waals surface area contributed by atoms with E-state index in [1.807, 2.05) is 6.92 Å². The SMILES string of the molecule is CCCCCCCCNC(=O)C(CN)N1C(=O)CC(CC)C1=O. The van der Waals surface area contributed by atoms with Gasteiger partial charge in [-0.2, -0.15) is 0 Å². The van der Waals surface area contributed by atoms with Crippen LogP contribution >= 0.6 is 0 Å². The highest BCUT2D eigenvalue weighted by molar-refractivity contribution is 6.07. The fraction of sp³-hybridized carbons (Fsp3) is 0.824. The van der Waals surface area contributed by atoms with E-state index in [1.165, 1.54) is 25.7 Å². The largest absolute Gasteiger partial charge is 0.354 e. The highest BCUT2D eigenvalue weighted by atomic mass is 16.2. The van der Waals surface area contributed by atoms with Crippen LogP contribution in [0.2, 0.25) is 0 Å². The van der Waals surface area contributed by atoms with Crippen molar-refractivity contribution in [2.24, 2.45) is 11.7 Å². The van der Waals surface area contributed by atoms with Gasteiger partial charge in [-0.05, 0) is 12.8 Å². The maximum Gasteiger partial charge on any atom is 0.244 e. The summed E-state index contributed by atoms with van der Waals surface area (Å²) in [5, 5.41) is 2.81. The molecule has 132 valence electrons. The third kappa shape index (κ3) is 5.61. The van der Waals surface area contributed by atoms with Crippen molar-refractivity contribution in [1.29, 1.82) is 0 Å². The van der Waals surface area contributed by atoms with Crippen LogP contribution in [0.3, 0.4) is 0 Å². The minimum atomic E-state index is -0.869. The molecule has 23 heavy (non-hydrogen) atoms. The van der Waals surface area contributed by atoms with Crippen LogP contribution in [-0.4, -0.2) is 41.8 Å². The fourth-order valence-electron chi connectivity index (χ4n) is 2.93. The normalized spacial score (nSPS) is 19.3.